The number of carbonyl (C=O) groups is 2. The smallest absolute Gasteiger partial charge is 0.410 e. The minimum atomic E-state index is -0.613. The second-order valence-electron chi connectivity index (χ2n) is 6.07. The molecule has 0 unspecified atom stereocenters. The van der Waals surface area contributed by atoms with Gasteiger partial charge < -0.3 is 24.5 Å². The number of nitrogens with zero attached hydrogens (tertiary/aromatic N) is 2. The number of anilines is 1. The van der Waals surface area contributed by atoms with E-state index in [1.54, 1.807) is 11.8 Å². The van der Waals surface area contributed by atoms with E-state index in [1.165, 1.54) is 0 Å². The van der Waals surface area contributed by atoms with Gasteiger partial charge in [0.2, 0.25) is 17.5 Å². The highest BCUT2D eigenvalue weighted by atomic mass is 16.6. The number of ether oxygens (including phenoxy) is 2. The zero-order valence-corrected chi connectivity index (χ0v) is 13.2. The minimum absolute atomic E-state index is 0.0208. The lowest BCUT2D eigenvalue weighted by Crippen LogP contribution is -2.50. The first-order valence-electron chi connectivity index (χ1n) is 7.12. The molecule has 1 aromatic rings. The van der Waals surface area contributed by atoms with Gasteiger partial charge in [0.1, 0.15) is 5.60 Å². The second-order valence-corrected chi connectivity index (χ2v) is 6.07. The fourth-order valence-corrected chi connectivity index (χ4v) is 1.98. The summed E-state index contributed by atoms with van der Waals surface area (Å²) in [7, 11) is 0. The fourth-order valence-electron chi connectivity index (χ4n) is 1.98. The van der Waals surface area contributed by atoms with Gasteiger partial charge in [0, 0.05) is 13.1 Å². The Bertz CT molecular complexity index is 570. The number of nitrogens with two attached hydrogens (primary N) is 1. The molecule has 1 saturated heterocycles. The fraction of sp³-hybridized carbons (Fsp3) is 0.643. The molecule has 8 nitrogen and oxygen atoms in total. The van der Waals surface area contributed by atoms with E-state index >= 15 is 0 Å². The molecule has 2 N–H and O–H groups in total. The highest BCUT2D eigenvalue weighted by Crippen LogP contribution is 2.30. The van der Waals surface area contributed by atoms with Gasteiger partial charge in [-0.1, -0.05) is 0 Å². The van der Waals surface area contributed by atoms with Crippen LogP contribution in [0.25, 0.3) is 0 Å². The number of amides is 1. The van der Waals surface area contributed by atoms with Crippen molar-refractivity contribution in [2.45, 2.75) is 39.2 Å². The number of aromatic nitrogens is 1. The first-order valence-corrected chi connectivity index (χ1v) is 7.12. The van der Waals surface area contributed by atoms with Crippen molar-refractivity contribution in [2.75, 3.05) is 25.4 Å². The van der Waals surface area contributed by atoms with Crippen LogP contribution in [0.1, 0.15) is 50.0 Å². The van der Waals surface area contributed by atoms with E-state index in [4.69, 9.17) is 19.6 Å². The lowest BCUT2D eigenvalue weighted by Gasteiger charge is -2.38. The van der Waals surface area contributed by atoms with Crippen molar-refractivity contribution in [3.05, 3.63) is 11.6 Å². The van der Waals surface area contributed by atoms with Gasteiger partial charge in [-0.05, 0) is 27.7 Å². The van der Waals surface area contributed by atoms with Crippen LogP contribution in [0.4, 0.5) is 10.7 Å². The monoisotopic (exact) mass is 311 g/mol. The Hall–Kier alpha value is -2.25. The number of oxazole rings is 1. The van der Waals surface area contributed by atoms with Crippen molar-refractivity contribution in [3.63, 3.8) is 0 Å². The van der Waals surface area contributed by atoms with E-state index in [-0.39, 0.29) is 30.2 Å². The molecule has 122 valence electrons. The molecule has 0 aliphatic carbocycles. The molecule has 0 atom stereocenters. The molecule has 2 rings (SSSR count). The molecular weight excluding hydrogens is 290 g/mol. The third-order valence-electron chi connectivity index (χ3n) is 3.02. The molecule has 0 saturated carbocycles. The van der Waals surface area contributed by atoms with E-state index in [0.29, 0.717) is 19.0 Å². The predicted molar refractivity (Wildman–Crippen MR) is 77.4 cm³/mol. The van der Waals surface area contributed by atoms with Crippen molar-refractivity contribution in [1.82, 2.24) is 9.88 Å². The molecule has 1 aromatic heterocycles. The van der Waals surface area contributed by atoms with Gasteiger partial charge in [-0.25, -0.2) is 14.6 Å². The zero-order valence-electron chi connectivity index (χ0n) is 13.2. The average Bonchev–Trinajstić information content (AvgIpc) is 2.67. The Balaban J connectivity index is 1.95. The van der Waals surface area contributed by atoms with Crippen molar-refractivity contribution in [3.8, 4) is 0 Å². The molecule has 1 aliphatic heterocycles. The standard InChI is InChI=1S/C14H21N3O5/c1-5-20-12(18)9-10(15)21-11(16-9)8-6-17(7-8)13(19)22-14(2,3)4/h8H,5-7,15H2,1-4H3. The maximum Gasteiger partial charge on any atom is 0.410 e. The number of hydrogen-bond acceptors (Lipinski definition) is 7. The van der Waals surface area contributed by atoms with Gasteiger partial charge in [0.25, 0.3) is 0 Å². The first-order chi connectivity index (χ1) is 10.2. The largest absolute Gasteiger partial charge is 0.461 e. The first kappa shape index (κ1) is 16.1. The Kier molecular flexibility index (Phi) is 4.30. The van der Waals surface area contributed by atoms with Crippen LogP contribution < -0.4 is 5.73 Å². The molecule has 0 aromatic carbocycles. The summed E-state index contributed by atoms with van der Waals surface area (Å²) in [5.74, 6) is -0.444. The van der Waals surface area contributed by atoms with Crippen LogP contribution in [-0.2, 0) is 9.47 Å². The Morgan fingerprint density at radius 3 is 2.59 bits per heavy atom. The van der Waals surface area contributed by atoms with Crippen LogP contribution in [0.2, 0.25) is 0 Å². The number of hydrogen-bond donors (Lipinski definition) is 1. The molecule has 0 bridgehead atoms. The Morgan fingerprint density at radius 1 is 1.41 bits per heavy atom. The summed E-state index contributed by atoms with van der Waals surface area (Å²) in [5.41, 5.74) is 5.08. The highest BCUT2D eigenvalue weighted by Gasteiger charge is 2.38. The normalized spacial score (nSPS) is 15.4. The summed E-state index contributed by atoms with van der Waals surface area (Å²) in [6.07, 6.45) is -0.381. The maximum atomic E-state index is 11.8. The van der Waals surface area contributed by atoms with Crippen LogP contribution >= 0.6 is 0 Å². The zero-order chi connectivity index (χ0) is 16.5. The molecule has 2 heterocycles. The molecule has 0 spiro atoms. The summed E-state index contributed by atoms with van der Waals surface area (Å²) in [6, 6.07) is 0. The van der Waals surface area contributed by atoms with Gasteiger partial charge in [-0.2, -0.15) is 0 Å². The third kappa shape index (κ3) is 3.49. The molecule has 0 radical (unpaired) electrons. The molecule has 22 heavy (non-hydrogen) atoms. The average molecular weight is 311 g/mol. The van der Waals surface area contributed by atoms with E-state index in [9.17, 15) is 9.59 Å². The van der Waals surface area contributed by atoms with Crippen molar-refractivity contribution in [2.24, 2.45) is 0 Å². The van der Waals surface area contributed by atoms with Crippen LogP contribution in [0, 0.1) is 0 Å². The Morgan fingerprint density at radius 2 is 2.05 bits per heavy atom. The Labute approximate surface area is 128 Å². The summed E-state index contributed by atoms with van der Waals surface area (Å²) in [5, 5.41) is 0. The number of carbonyl (C=O) groups excluding carboxylic acids is 2. The van der Waals surface area contributed by atoms with Crippen LogP contribution in [0.3, 0.4) is 0 Å². The van der Waals surface area contributed by atoms with E-state index in [1.807, 2.05) is 20.8 Å². The SMILES string of the molecule is CCOC(=O)c1nc(C2CN(C(=O)OC(C)(C)C)C2)oc1N. The van der Waals surface area contributed by atoms with Crippen molar-refractivity contribution < 1.29 is 23.5 Å². The third-order valence-corrected chi connectivity index (χ3v) is 3.02. The van der Waals surface area contributed by atoms with E-state index < -0.39 is 11.6 Å². The maximum absolute atomic E-state index is 11.8. The molecule has 1 fully saturated rings. The van der Waals surface area contributed by atoms with Gasteiger partial charge in [0.05, 0.1) is 12.5 Å². The summed E-state index contributed by atoms with van der Waals surface area (Å²) >= 11 is 0. The number of esters is 1. The van der Waals surface area contributed by atoms with Gasteiger partial charge in [-0.15, -0.1) is 0 Å². The quantitative estimate of drug-likeness (QED) is 0.847. The van der Waals surface area contributed by atoms with Crippen molar-refractivity contribution >= 4 is 17.9 Å². The lowest BCUT2D eigenvalue weighted by molar-refractivity contribution is 0.00608. The molecule has 8 heteroatoms. The predicted octanol–water partition coefficient (Wildman–Crippen LogP) is 1.77. The number of likely N-dealkylation sites (tertiary alicyclic amines) is 1. The number of nitrogen functional groups attached to an aromatic ring is 1. The van der Waals surface area contributed by atoms with Gasteiger partial charge in [0.15, 0.2) is 0 Å². The molecular formula is C14H21N3O5. The topological polar surface area (TPSA) is 108 Å². The van der Waals surface area contributed by atoms with Crippen LogP contribution in [0.15, 0.2) is 4.42 Å². The molecule has 1 aliphatic rings. The highest BCUT2D eigenvalue weighted by molar-refractivity contribution is 5.91. The van der Waals surface area contributed by atoms with E-state index in [2.05, 4.69) is 4.98 Å². The van der Waals surface area contributed by atoms with Gasteiger partial charge in [-0.3, -0.25) is 0 Å². The lowest BCUT2D eigenvalue weighted by atomic mass is 10.0. The van der Waals surface area contributed by atoms with Crippen LogP contribution in [0.5, 0.6) is 0 Å². The van der Waals surface area contributed by atoms with E-state index in [0.717, 1.165) is 0 Å². The summed E-state index contributed by atoms with van der Waals surface area (Å²) in [6.45, 7) is 8.18. The molecule has 1 amide bonds. The second kappa shape index (κ2) is 5.86. The summed E-state index contributed by atoms with van der Waals surface area (Å²) in [4.78, 5) is 29.1. The van der Waals surface area contributed by atoms with Crippen LogP contribution in [-0.4, -0.2) is 47.2 Å². The van der Waals surface area contributed by atoms with Crippen molar-refractivity contribution in [1.29, 1.82) is 0 Å². The summed E-state index contributed by atoms with van der Waals surface area (Å²) < 4.78 is 15.4. The minimum Gasteiger partial charge on any atom is -0.461 e. The number of rotatable bonds is 3. The van der Waals surface area contributed by atoms with Gasteiger partial charge >= 0.3 is 12.1 Å².